The van der Waals surface area contributed by atoms with E-state index < -0.39 is 0 Å². The molecule has 0 aromatic carbocycles. The highest BCUT2D eigenvalue weighted by Crippen LogP contribution is 2.38. The number of halogens is 1. The molecule has 1 aliphatic carbocycles. The molecule has 2 aliphatic heterocycles. The highest BCUT2D eigenvalue weighted by molar-refractivity contribution is 7.17. The molecule has 0 radical (unpaired) electrons. The van der Waals surface area contributed by atoms with Gasteiger partial charge in [-0.05, 0) is 38.0 Å². The van der Waals surface area contributed by atoms with E-state index in [4.69, 9.17) is 16.3 Å². The van der Waals surface area contributed by atoms with E-state index in [2.05, 4.69) is 15.2 Å². The van der Waals surface area contributed by atoms with Crippen molar-refractivity contribution in [1.29, 1.82) is 0 Å². The maximum Gasteiger partial charge on any atom is 0.261 e. The molecule has 3 aliphatic rings. The predicted octanol–water partition coefficient (Wildman–Crippen LogP) is 3.24. The Labute approximate surface area is 207 Å². The van der Waals surface area contributed by atoms with Gasteiger partial charge in [0.2, 0.25) is 0 Å². The van der Waals surface area contributed by atoms with Crippen LogP contribution in [0.4, 0.5) is 0 Å². The van der Waals surface area contributed by atoms with Gasteiger partial charge in [0.25, 0.3) is 5.91 Å². The maximum atomic E-state index is 13.2. The molecule has 1 saturated carbocycles. The molecule has 0 bridgehead atoms. The highest BCUT2D eigenvalue weighted by Gasteiger charge is 2.53. The van der Waals surface area contributed by atoms with E-state index in [9.17, 15) is 14.4 Å². The van der Waals surface area contributed by atoms with Crippen LogP contribution >= 0.6 is 22.9 Å². The molecule has 5 rings (SSSR count). The summed E-state index contributed by atoms with van der Waals surface area (Å²) in [6.45, 7) is 2.57. The first-order valence-corrected chi connectivity index (χ1v) is 13.1. The Balaban J connectivity index is 1.24. The number of amides is 1. The number of thiophene rings is 1. The second-order valence-electron chi connectivity index (χ2n) is 9.31. The smallest absolute Gasteiger partial charge is 0.261 e. The number of alkyl halides is 1. The summed E-state index contributed by atoms with van der Waals surface area (Å²) in [6, 6.07) is 7.17. The molecule has 4 heterocycles. The fraction of sp³-hybridized carbons (Fsp3) is 0.520. The summed E-state index contributed by atoms with van der Waals surface area (Å²) in [7, 11) is 0. The lowest BCUT2D eigenvalue weighted by molar-refractivity contribution is -0.128. The van der Waals surface area contributed by atoms with Gasteiger partial charge in [-0.25, -0.2) is 0 Å². The number of pyridine rings is 1. The second-order valence-corrected chi connectivity index (χ2v) is 11.0. The lowest BCUT2D eigenvalue weighted by Crippen LogP contribution is -2.52. The number of nitrogens with one attached hydrogen (secondary N) is 1. The molecule has 9 heteroatoms. The lowest BCUT2D eigenvalue weighted by atomic mass is 9.80. The van der Waals surface area contributed by atoms with Gasteiger partial charge in [-0.3, -0.25) is 24.3 Å². The number of likely N-dealkylation sites (tertiary alicyclic amines) is 1. The SMILES string of the molecule is Cc1ncccc1-c1ccc(C(=O)NCC(=O)[C@H]2CCCCC2N2C[C@H](Cl)[C@H]3OCC(=O)[C@H]32)s1. The Morgan fingerprint density at radius 1 is 1.26 bits per heavy atom. The minimum atomic E-state index is -0.351. The van der Waals surface area contributed by atoms with Crippen molar-refractivity contribution in [3.05, 3.63) is 41.0 Å². The van der Waals surface area contributed by atoms with E-state index in [1.165, 1.54) is 11.3 Å². The zero-order chi connectivity index (χ0) is 23.8. The third-order valence-corrected chi connectivity index (χ3v) is 8.76. The zero-order valence-corrected chi connectivity index (χ0v) is 20.6. The van der Waals surface area contributed by atoms with Crippen molar-refractivity contribution < 1.29 is 19.1 Å². The largest absolute Gasteiger partial charge is 0.367 e. The van der Waals surface area contributed by atoms with Crippen molar-refractivity contribution >= 4 is 40.4 Å². The number of aryl methyl sites for hydroxylation is 1. The number of fused-ring (bicyclic) bond motifs is 1. The van der Waals surface area contributed by atoms with Gasteiger partial charge in [-0.15, -0.1) is 22.9 Å². The number of aromatic nitrogens is 1. The average Bonchev–Trinajstić information content (AvgIpc) is 3.56. The van der Waals surface area contributed by atoms with Crippen LogP contribution in [0.5, 0.6) is 0 Å². The monoisotopic (exact) mass is 501 g/mol. The molecule has 1 unspecified atom stereocenters. The number of carbonyl (C=O) groups is 3. The molecule has 3 fully saturated rings. The van der Waals surface area contributed by atoms with E-state index in [1.807, 2.05) is 25.1 Å². The van der Waals surface area contributed by atoms with Crippen molar-refractivity contribution in [2.45, 2.75) is 56.2 Å². The van der Waals surface area contributed by atoms with Gasteiger partial charge >= 0.3 is 0 Å². The Morgan fingerprint density at radius 2 is 2.09 bits per heavy atom. The fourth-order valence-electron chi connectivity index (χ4n) is 5.59. The number of hydrogen-bond donors (Lipinski definition) is 1. The topological polar surface area (TPSA) is 88.6 Å². The molecule has 2 saturated heterocycles. The molecule has 34 heavy (non-hydrogen) atoms. The lowest BCUT2D eigenvalue weighted by Gasteiger charge is -2.39. The minimum absolute atomic E-state index is 0.0128. The van der Waals surface area contributed by atoms with Crippen LogP contribution < -0.4 is 5.32 Å². The quantitative estimate of drug-likeness (QED) is 0.611. The number of rotatable bonds is 6. The van der Waals surface area contributed by atoms with Crippen LogP contribution in [0.25, 0.3) is 10.4 Å². The van der Waals surface area contributed by atoms with E-state index >= 15 is 0 Å². The van der Waals surface area contributed by atoms with Crippen molar-refractivity contribution in [2.75, 3.05) is 19.7 Å². The predicted molar refractivity (Wildman–Crippen MR) is 130 cm³/mol. The summed E-state index contributed by atoms with van der Waals surface area (Å²) in [5.74, 6) is -0.406. The maximum absolute atomic E-state index is 13.2. The first-order valence-electron chi connectivity index (χ1n) is 11.8. The van der Waals surface area contributed by atoms with Crippen LogP contribution in [-0.2, 0) is 14.3 Å². The summed E-state index contributed by atoms with van der Waals surface area (Å²) < 4.78 is 5.62. The second kappa shape index (κ2) is 9.85. The van der Waals surface area contributed by atoms with Crippen molar-refractivity contribution in [3.63, 3.8) is 0 Å². The fourth-order valence-corrected chi connectivity index (χ4v) is 6.96. The van der Waals surface area contributed by atoms with Gasteiger partial charge in [0.1, 0.15) is 6.61 Å². The van der Waals surface area contributed by atoms with Gasteiger partial charge in [0.15, 0.2) is 11.6 Å². The zero-order valence-electron chi connectivity index (χ0n) is 19.0. The van der Waals surface area contributed by atoms with Crippen LogP contribution in [0.1, 0.15) is 41.0 Å². The van der Waals surface area contributed by atoms with Crippen LogP contribution in [0, 0.1) is 12.8 Å². The van der Waals surface area contributed by atoms with E-state index in [1.54, 1.807) is 12.3 Å². The van der Waals surface area contributed by atoms with E-state index in [0.717, 1.165) is 41.8 Å². The molecule has 1 N–H and O–H groups in total. The third-order valence-electron chi connectivity index (χ3n) is 7.25. The standard InChI is InChI=1S/C25H28ClN3O4S/c1-14-15(6-4-10-27-14)21-8-9-22(34-21)25(32)28-11-19(30)16-5-2-3-7-18(16)29-12-17(26)24-23(29)20(31)13-33-24/h4,6,8-10,16-18,23-24H,2-3,5,7,11-13H2,1H3,(H,28,32)/t16-,17-,18?,23+,24+/m0/s1. The molecule has 1 amide bonds. The summed E-state index contributed by atoms with van der Waals surface area (Å²) in [6.07, 6.45) is 5.05. The summed E-state index contributed by atoms with van der Waals surface area (Å²) in [4.78, 5) is 46.4. The molecule has 0 spiro atoms. The third kappa shape index (κ3) is 4.44. The first-order chi connectivity index (χ1) is 16.4. The van der Waals surface area contributed by atoms with Crippen LogP contribution in [-0.4, -0.2) is 70.6 Å². The Morgan fingerprint density at radius 3 is 2.91 bits per heavy atom. The van der Waals surface area contributed by atoms with Gasteiger partial charge in [-0.2, -0.15) is 0 Å². The molecule has 7 nitrogen and oxygen atoms in total. The number of ketones is 2. The minimum Gasteiger partial charge on any atom is -0.367 e. The van der Waals surface area contributed by atoms with E-state index in [0.29, 0.717) is 11.4 Å². The van der Waals surface area contributed by atoms with Crippen molar-refractivity contribution in [2.24, 2.45) is 5.92 Å². The summed E-state index contributed by atoms with van der Waals surface area (Å²) in [5, 5.41) is 2.58. The molecular formula is C25H28ClN3O4S. The molecule has 2 aromatic heterocycles. The average molecular weight is 502 g/mol. The Kier molecular flexibility index (Phi) is 6.84. The molecular weight excluding hydrogens is 474 g/mol. The number of ether oxygens (including phenoxy) is 1. The molecule has 2 aromatic rings. The van der Waals surface area contributed by atoms with Crippen LogP contribution in [0.15, 0.2) is 30.5 Å². The van der Waals surface area contributed by atoms with Crippen molar-refractivity contribution in [1.82, 2.24) is 15.2 Å². The number of Topliss-reactive ketones (excluding diaryl/α,β-unsaturated/α-hetero) is 2. The summed E-state index contributed by atoms with van der Waals surface area (Å²) >= 11 is 7.87. The highest BCUT2D eigenvalue weighted by atomic mass is 35.5. The number of carbonyl (C=O) groups excluding carboxylic acids is 3. The van der Waals surface area contributed by atoms with Crippen molar-refractivity contribution in [3.8, 4) is 10.4 Å². The van der Waals surface area contributed by atoms with Gasteiger partial charge in [0, 0.05) is 40.8 Å². The van der Waals surface area contributed by atoms with E-state index in [-0.39, 0.29) is 60.1 Å². The molecule has 180 valence electrons. The first kappa shape index (κ1) is 23.6. The number of hydrogen-bond acceptors (Lipinski definition) is 7. The Hall–Kier alpha value is -2.13. The van der Waals surface area contributed by atoms with Crippen LogP contribution in [0.3, 0.4) is 0 Å². The van der Waals surface area contributed by atoms with Gasteiger partial charge in [0.05, 0.1) is 28.9 Å². The molecule has 5 atom stereocenters. The summed E-state index contributed by atoms with van der Waals surface area (Å²) in [5.41, 5.74) is 1.91. The van der Waals surface area contributed by atoms with Gasteiger partial charge in [-0.1, -0.05) is 18.9 Å². The van der Waals surface area contributed by atoms with Crippen LogP contribution in [0.2, 0.25) is 0 Å². The number of nitrogens with zero attached hydrogens (tertiary/aromatic N) is 2. The normalized spacial score (nSPS) is 29.2. The Bertz CT molecular complexity index is 1110. The van der Waals surface area contributed by atoms with Gasteiger partial charge < -0.3 is 10.1 Å².